The third-order valence-corrected chi connectivity index (χ3v) is 4.58. The van der Waals surface area contributed by atoms with E-state index in [1.807, 2.05) is 6.07 Å². The Kier molecular flexibility index (Phi) is 5.61. The van der Waals surface area contributed by atoms with Crippen LogP contribution in [-0.2, 0) is 0 Å². The minimum absolute atomic E-state index is 0.0965. The fourth-order valence-corrected chi connectivity index (χ4v) is 3.03. The van der Waals surface area contributed by atoms with Gasteiger partial charge >= 0.3 is 0 Å². The lowest BCUT2D eigenvalue weighted by atomic mass is 10.0. The first-order valence-electron chi connectivity index (χ1n) is 8.40. The minimum atomic E-state index is -0.480. The number of carbonyl (C=O) groups excluding carboxylic acids is 1. The summed E-state index contributed by atoms with van der Waals surface area (Å²) in [6.45, 7) is 1.80. The Hall–Kier alpha value is -3.38. The SMILES string of the molecule is COc1ccc([N+](=O)[O-])c(Nc2cc(Cl)c(C(=O)c3ccccc3)cc2C)c1. The lowest BCUT2D eigenvalue weighted by Crippen LogP contribution is -2.05. The molecule has 3 aromatic rings. The number of nitrogens with one attached hydrogen (secondary N) is 1. The van der Waals surface area contributed by atoms with Gasteiger partial charge in [0.25, 0.3) is 5.69 Å². The van der Waals surface area contributed by atoms with E-state index in [1.54, 1.807) is 43.3 Å². The van der Waals surface area contributed by atoms with E-state index in [2.05, 4.69) is 5.32 Å². The number of carbonyl (C=O) groups is 1. The molecule has 0 radical (unpaired) electrons. The van der Waals surface area contributed by atoms with Crippen LogP contribution in [0.2, 0.25) is 5.02 Å². The standard InChI is InChI=1S/C21H17ClN2O4/c1-13-10-16(21(25)14-6-4-3-5-7-14)17(22)12-18(13)23-19-11-15(28-2)8-9-20(19)24(26)27/h3-12,23H,1-2H3. The van der Waals surface area contributed by atoms with E-state index in [4.69, 9.17) is 16.3 Å². The van der Waals surface area contributed by atoms with Crippen molar-refractivity contribution in [3.63, 3.8) is 0 Å². The fraction of sp³-hybridized carbons (Fsp3) is 0.0952. The number of methoxy groups -OCH3 is 1. The van der Waals surface area contributed by atoms with Crippen LogP contribution >= 0.6 is 11.6 Å². The monoisotopic (exact) mass is 396 g/mol. The Morgan fingerprint density at radius 1 is 1.07 bits per heavy atom. The van der Waals surface area contributed by atoms with Crippen LogP contribution < -0.4 is 10.1 Å². The van der Waals surface area contributed by atoms with Crippen LogP contribution in [0, 0.1) is 17.0 Å². The molecular formula is C21H17ClN2O4. The average molecular weight is 397 g/mol. The number of halogens is 1. The van der Waals surface area contributed by atoms with Gasteiger partial charge in [0.2, 0.25) is 0 Å². The van der Waals surface area contributed by atoms with Crippen molar-refractivity contribution in [1.82, 2.24) is 0 Å². The Bertz CT molecular complexity index is 1050. The summed E-state index contributed by atoms with van der Waals surface area (Å²) in [4.78, 5) is 23.5. The summed E-state index contributed by atoms with van der Waals surface area (Å²) in [5.74, 6) is 0.292. The number of ketones is 1. The highest BCUT2D eigenvalue weighted by Gasteiger charge is 2.18. The molecule has 0 saturated heterocycles. The van der Waals surface area contributed by atoms with Gasteiger partial charge in [0, 0.05) is 28.9 Å². The molecule has 0 spiro atoms. The number of nitro groups is 1. The first-order valence-corrected chi connectivity index (χ1v) is 8.78. The molecule has 0 aliphatic carbocycles. The number of ether oxygens (including phenoxy) is 1. The van der Waals surface area contributed by atoms with Crippen molar-refractivity contribution in [2.75, 3.05) is 12.4 Å². The zero-order chi connectivity index (χ0) is 20.3. The molecule has 0 unspecified atom stereocenters. The number of hydrogen-bond acceptors (Lipinski definition) is 5. The number of anilines is 2. The van der Waals surface area contributed by atoms with Crippen molar-refractivity contribution in [1.29, 1.82) is 0 Å². The van der Waals surface area contributed by atoms with Gasteiger partial charge in [-0.2, -0.15) is 0 Å². The molecule has 0 heterocycles. The summed E-state index contributed by atoms with van der Waals surface area (Å²) in [5, 5.41) is 14.6. The van der Waals surface area contributed by atoms with Gasteiger partial charge < -0.3 is 10.1 Å². The van der Waals surface area contributed by atoms with E-state index in [9.17, 15) is 14.9 Å². The van der Waals surface area contributed by atoms with Crippen molar-refractivity contribution in [3.8, 4) is 5.75 Å². The fourth-order valence-electron chi connectivity index (χ4n) is 2.78. The maximum atomic E-state index is 12.7. The van der Waals surface area contributed by atoms with Crippen molar-refractivity contribution >= 4 is 34.4 Å². The lowest BCUT2D eigenvalue weighted by molar-refractivity contribution is -0.383. The first-order chi connectivity index (χ1) is 13.4. The zero-order valence-electron chi connectivity index (χ0n) is 15.2. The number of aryl methyl sites for hydroxylation is 1. The molecule has 7 heteroatoms. The Balaban J connectivity index is 1.98. The summed E-state index contributed by atoms with van der Waals surface area (Å²) < 4.78 is 5.15. The van der Waals surface area contributed by atoms with E-state index in [1.165, 1.54) is 25.3 Å². The molecule has 0 fully saturated rings. The van der Waals surface area contributed by atoms with Gasteiger partial charge in [0.15, 0.2) is 5.78 Å². The second-order valence-corrected chi connectivity index (χ2v) is 6.51. The van der Waals surface area contributed by atoms with Gasteiger partial charge in [0.1, 0.15) is 11.4 Å². The number of rotatable bonds is 6. The van der Waals surface area contributed by atoms with E-state index in [-0.39, 0.29) is 22.2 Å². The van der Waals surface area contributed by atoms with Crippen LogP contribution in [0.1, 0.15) is 21.5 Å². The number of nitro benzene ring substituents is 1. The number of benzene rings is 3. The van der Waals surface area contributed by atoms with Crippen LogP contribution in [0.5, 0.6) is 5.75 Å². The van der Waals surface area contributed by atoms with Crippen molar-refractivity contribution in [2.45, 2.75) is 6.92 Å². The minimum Gasteiger partial charge on any atom is -0.497 e. The molecule has 0 bridgehead atoms. The predicted molar refractivity (Wildman–Crippen MR) is 109 cm³/mol. The normalized spacial score (nSPS) is 10.4. The van der Waals surface area contributed by atoms with Crippen molar-refractivity contribution < 1.29 is 14.5 Å². The summed E-state index contributed by atoms with van der Waals surface area (Å²) in [7, 11) is 1.48. The molecule has 0 saturated carbocycles. The van der Waals surface area contributed by atoms with Gasteiger partial charge in [-0.1, -0.05) is 41.9 Å². The summed E-state index contributed by atoms with van der Waals surface area (Å²) >= 11 is 6.35. The molecule has 0 aliphatic heterocycles. The maximum absolute atomic E-state index is 12.7. The molecule has 142 valence electrons. The van der Waals surface area contributed by atoms with E-state index < -0.39 is 4.92 Å². The van der Waals surface area contributed by atoms with Crippen molar-refractivity contribution in [2.24, 2.45) is 0 Å². The Labute approximate surface area is 166 Å². The second kappa shape index (κ2) is 8.10. The topological polar surface area (TPSA) is 81.5 Å². The van der Waals surface area contributed by atoms with Crippen LogP contribution in [0.15, 0.2) is 60.7 Å². The summed E-state index contributed by atoms with van der Waals surface area (Å²) in [5.41, 5.74) is 2.36. The molecule has 3 aromatic carbocycles. The van der Waals surface area contributed by atoms with Gasteiger partial charge in [-0.3, -0.25) is 14.9 Å². The van der Waals surface area contributed by atoms with Crippen LogP contribution in [0.4, 0.5) is 17.1 Å². The van der Waals surface area contributed by atoms with E-state index >= 15 is 0 Å². The highest BCUT2D eigenvalue weighted by atomic mass is 35.5. The Morgan fingerprint density at radius 3 is 2.43 bits per heavy atom. The summed E-state index contributed by atoms with van der Waals surface area (Å²) in [6.07, 6.45) is 0. The second-order valence-electron chi connectivity index (χ2n) is 6.11. The molecule has 0 atom stereocenters. The molecule has 3 rings (SSSR count). The maximum Gasteiger partial charge on any atom is 0.292 e. The number of hydrogen-bond donors (Lipinski definition) is 1. The van der Waals surface area contributed by atoms with Gasteiger partial charge in [-0.15, -0.1) is 0 Å². The van der Waals surface area contributed by atoms with Gasteiger partial charge in [-0.25, -0.2) is 0 Å². The molecule has 0 aliphatic rings. The average Bonchev–Trinajstić information content (AvgIpc) is 2.70. The highest BCUT2D eigenvalue weighted by Crippen LogP contribution is 2.34. The molecule has 1 N–H and O–H groups in total. The summed E-state index contributed by atoms with van der Waals surface area (Å²) in [6, 6.07) is 16.5. The van der Waals surface area contributed by atoms with Gasteiger partial charge in [0.05, 0.1) is 17.1 Å². The highest BCUT2D eigenvalue weighted by molar-refractivity contribution is 6.35. The lowest BCUT2D eigenvalue weighted by Gasteiger charge is -2.14. The first kappa shape index (κ1) is 19.4. The van der Waals surface area contributed by atoms with Crippen LogP contribution in [0.25, 0.3) is 0 Å². The third-order valence-electron chi connectivity index (χ3n) is 4.26. The van der Waals surface area contributed by atoms with E-state index in [0.29, 0.717) is 22.6 Å². The Morgan fingerprint density at radius 2 is 1.79 bits per heavy atom. The molecular weight excluding hydrogens is 380 g/mol. The molecule has 6 nitrogen and oxygen atoms in total. The number of nitrogens with zero attached hydrogens (tertiary/aromatic N) is 1. The van der Waals surface area contributed by atoms with E-state index in [0.717, 1.165) is 5.56 Å². The van der Waals surface area contributed by atoms with Crippen molar-refractivity contribution in [3.05, 3.63) is 92.5 Å². The smallest absolute Gasteiger partial charge is 0.292 e. The third kappa shape index (κ3) is 3.97. The quantitative estimate of drug-likeness (QED) is 0.336. The molecule has 0 amide bonds. The van der Waals surface area contributed by atoms with Crippen LogP contribution in [0.3, 0.4) is 0 Å². The predicted octanol–water partition coefficient (Wildman–Crippen LogP) is 5.54. The molecule has 28 heavy (non-hydrogen) atoms. The van der Waals surface area contributed by atoms with Crippen LogP contribution in [-0.4, -0.2) is 17.8 Å². The van der Waals surface area contributed by atoms with Gasteiger partial charge in [-0.05, 0) is 30.7 Å². The zero-order valence-corrected chi connectivity index (χ0v) is 16.0. The molecule has 0 aromatic heterocycles. The largest absolute Gasteiger partial charge is 0.497 e.